The van der Waals surface area contributed by atoms with Crippen LogP contribution >= 0.6 is 11.6 Å². The molecule has 6 heteroatoms. The summed E-state index contributed by atoms with van der Waals surface area (Å²) in [6.45, 7) is 6.03. The molecule has 0 unspecified atom stereocenters. The number of rotatable bonds is 1. The van der Waals surface area contributed by atoms with Gasteiger partial charge in [0.05, 0.1) is 6.04 Å². The maximum Gasteiger partial charge on any atom is 0.246 e. The number of para-hydroxylation sites is 1. The van der Waals surface area contributed by atoms with Gasteiger partial charge < -0.3 is 14.8 Å². The minimum absolute atomic E-state index is 0.0111. The maximum atomic E-state index is 13.6. The van der Waals surface area contributed by atoms with Crippen LogP contribution in [0.15, 0.2) is 48.5 Å². The highest BCUT2D eigenvalue weighted by Gasteiger charge is 2.50. The fraction of sp³-hybridized carbons (Fsp3) is 0.333. The largest absolute Gasteiger partial charge is 0.356 e. The fourth-order valence-corrected chi connectivity index (χ4v) is 4.95. The van der Waals surface area contributed by atoms with Crippen LogP contribution in [0.3, 0.4) is 0 Å². The van der Waals surface area contributed by atoms with E-state index >= 15 is 0 Å². The van der Waals surface area contributed by atoms with Gasteiger partial charge in [-0.2, -0.15) is 0 Å². The van der Waals surface area contributed by atoms with E-state index in [1.165, 1.54) is 0 Å². The molecule has 2 amide bonds. The second-order valence-corrected chi connectivity index (χ2v) is 9.57. The van der Waals surface area contributed by atoms with Gasteiger partial charge in [0.2, 0.25) is 11.8 Å². The van der Waals surface area contributed by atoms with E-state index in [9.17, 15) is 9.59 Å². The monoisotopic (exact) mass is 421 g/mol. The summed E-state index contributed by atoms with van der Waals surface area (Å²) in [6, 6.07) is 14.8. The Morgan fingerprint density at radius 2 is 1.73 bits per heavy atom. The zero-order valence-corrected chi connectivity index (χ0v) is 18.0. The molecule has 0 spiro atoms. The molecule has 154 valence electrons. The first-order valence-corrected chi connectivity index (χ1v) is 10.6. The van der Waals surface area contributed by atoms with Gasteiger partial charge in [-0.25, -0.2) is 0 Å². The van der Waals surface area contributed by atoms with Crippen molar-refractivity contribution in [2.24, 2.45) is 0 Å². The zero-order chi connectivity index (χ0) is 21.2. The van der Waals surface area contributed by atoms with Crippen molar-refractivity contribution in [1.29, 1.82) is 0 Å². The van der Waals surface area contributed by atoms with E-state index in [2.05, 4.69) is 11.1 Å². The molecule has 5 rings (SSSR count). The van der Waals surface area contributed by atoms with Crippen LogP contribution in [-0.2, 0) is 16.0 Å². The molecule has 2 aliphatic rings. The first-order chi connectivity index (χ1) is 14.3. The van der Waals surface area contributed by atoms with Gasteiger partial charge in [-0.05, 0) is 50.1 Å². The molecule has 1 aromatic heterocycles. The van der Waals surface area contributed by atoms with Crippen molar-refractivity contribution >= 4 is 34.3 Å². The number of halogens is 1. The van der Waals surface area contributed by atoms with Gasteiger partial charge in [-0.15, -0.1) is 0 Å². The van der Waals surface area contributed by atoms with Crippen molar-refractivity contribution in [1.82, 2.24) is 14.8 Å². The van der Waals surface area contributed by atoms with E-state index in [-0.39, 0.29) is 24.4 Å². The third-order valence-electron chi connectivity index (χ3n) is 6.26. The number of H-pyrrole nitrogens is 1. The topological polar surface area (TPSA) is 56.4 Å². The van der Waals surface area contributed by atoms with Crippen LogP contribution in [0, 0.1) is 0 Å². The van der Waals surface area contributed by atoms with Crippen molar-refractivity contribution in [2.45, 2.75) is 44.8 Å². The minimum Gasteiger partial charge on any atom is -0.356 e. The summed E-state index contributed by atoms with van der Waals surface area (Å²) < 4.78 is 0. The Kier molecular flexibility index (Phi) is 4.23. The van der Waals surface area contributed by atoms with Crippen molar-refractivity contribution in [2.75, 3.05) is 6.54 Å². The van der Waals surface area contributed by atoms with Crippen LogP contribution in [0.2, 0.25) is 5.02 Å². The molecule has 2 atom stereocenters. The average Bonchev–Trinajstić information content (AvgIpc) is 3.07. The Labute approximate surface area is 180 Å². The van der Waals surface area contributed by atoms with Crippen LogP contribution in [0.1, 0.15) is 43.6 Å². The van der Waals surface area contributed by atoms with E-state index < -0.39 is 11.6 Å². The zero-order valence-electron chi connectivity index (χ0n) is 17.3. The minimum atomic E-state index is -0.516. The Hall–Kier alpha value is -2.79. The maximum absolute atomic E-state index is 13.6. The molecule has 1 N–H and O–H groups in total. The van der Waals surface area contributed by atoms with E-state index in [0.717, 1.165) is 27.7 Å². The predicted molar refractivity (Wildman–Crippen MR) is 117 cm³/mol. The standard InChI is InChI=1S/C24H24ClN3O2/c1-24(2,3)27-13-20(29)28-19(23(27)30)12-17-16-6-4-5-7-18(16)26-21(17)22(28)14-8-10-15(25)11-9-14/h4-11,19,22,26H,12-13H2,1-3H3/t19-,22-/m0/s1. The van der Waals surface area contributed by atoms with Gasteiger partial charge in [-0.1, -0.05) is 41.9 Å². The highest BCUT2D eigenvalue weighted by atomic mass is 35.5. The Morgan fingerprint density at radius 3 is 2.43 bits per heavy atom. The van der Waals surface area contributed by atoms with Gasteiger partial charge in [0, 0.05) is 33.6 Å². The molecule has 1 saturated heterocycles. The van der Waals surface area contributed by atoms with Crippen molar-refractivity contribution in [3.05, 3.63) is 70.4 Å². The smallest absolute Gasteiger partial charge is 0.246 e. The predicted octanol–water partition coefficient (Wildman–Crippen LogP) is 4.30. The van der Waals surface area contributed by atoms with Gasteiger partial charge in [0.25, 0.3) is 0 Å². The van der Waals surface area contributed by atoms with E-state index in [1.807, 2.05) is 63.2 Å². The molecule has 3 aromatic rings. The Balaban J connectivity index is 1.72. The Bertz CT molecular complexity index is 1160. The lowest BCUT2D eigenvalue weighted by molar-refractivity contribution is -0.163. The molecule has 2 aromatic carbocycles. The molecule has 5 nitrogen and oxygen atoms in total. The number of fused-ring (bicyclic) bond motifs is 4. The number of nitrogens with one attached hydrogen (secondary N) is 1. The molecule has 3 heterocycles. The fourth-order valence-electron chi connectivity index (χ4n) is 4.82. The third-order valence-corrected chi connectivity index (χ3v) is 6.51. The quantitative estimate of drug-likeness (QED) is 0.636. The molecular formula is C24H24ClN3O2. The molecular weight excluding hydrogens is 398 g/mol. The summed E-state index contributed by atoms with van der Waals surface area (Å²) in [4.78, 5) is 34.0. The molecule has 0 radical (unpaired) electrons. The summed E-state index contributed by atoms with van der Waals surface area (Å²) in [6.07, 6.45) is 0.514. The van der Waals surface area contributed by atoms with E-state index in [1.54, 1.807) is 9.80 Å². The summed E-state index contributed by atoms with van der Waals surface area (Å²) in [5.74, 6) is -0.0178. The number of carbonyl (C=O) groups excluding carboxylic acids is 2. The molecule has 1 fully saturated rings. The summed E-state index contributed by atoms with van der Waals surface area (Å²) in [5.41, 5.74) is 3.66. The summed E-state index contributed by atoms with van der Waals surface area (Å²) in [5, 5.41) is 1.75. The number of aromatic amines is 1. The number of carbonyl (C=O) groups is 2. The highest BCUT2D eigenvalue weighted by Crippen LogP contribution is 2.43. The number of amides is 2. The third kappa shape index (κ3) is 2.83. The first kappa shape index (κ1) is 19.2. The van der Waals surface area contributed by atoms with E-state index in [4.69, 9.17) is 11.6 Å². The van der Waals surface area contributed by atoms with Crippen LogP contribution in [0.4, 0.5) is 0 Å². The van der Waals surface area contributed by atoms with E-state index in [0.29, 0.717) is 11.4 Å². The molecule has 0 saturated carbocycles. The number of piperazine rings is 1. The lowest BCUT2D eigenvalue weighted by Gasteiger charge is -2.50. The SMILES string of the molecule is CC(C)(C)N1CC(=O)N2[C@@H](c3ccc(Cl)cc3)c3[nH]c4ccccc4c3C[C@H]2C1=O. The second kappa shape index (κ2) is 6.61. The lowest BCUT2D eigenvalue weighted by atomic mass is 9.85. The molecule has 2 aliphatic heterocycles. The van der Waals surface area contributed by atoms with Crippen LogP contribution in [-0.4, -0.2) is 44.7 Å². The summed E-state index contributed by atoms with van der Waals surface area (Å²) >= 11 is 6.12. The van der Waals surface area contributed by atoms with Crippen LogP contribution < -0.4 is 0 Å². The van der Waals surface area contributed by atoms with Gasteiger partial charge in [-0.3, -0.25) is 9.59 Å². The molecule has 0 aliphatic carbocycles. The lowest BCUT2D eigenvalue weighted by Crippen LogP contribution is -2.66. The van der Waals surface area contributed by atoms with Gasteiger partial charge in [0.15, 0.2) is 0 Å². The average molecular weight is 422 g/mol. The first-order valence-electron chi connectivity index (χ1n) is 10.2. The number of nitrogens with zero attached hydrogens (tertiary/aromatic N) is 2. The van der Waals surface area contributed by atoms with Crippen LogP contribution in [0.25, 0.3) is 10.9 Å². The number of benzene rings is 2. The number of aromatic nitrogens is 1. The molecule has 30 heavy (non-hydrogen) atoms. The van der Waals surface area contributed by atoms with Crippen molar-refractivity contribution in [3.63, 3.8) is 0 Å². The normalized spacial score (nSPS) is 21.7. The van der Waals surface area contributed by atoms with Gasteiger partial charge in [0.1, 0.15) is 12.6 Å². The van der Waals surface area contributed by atoms with Gasteiger partial charge >= 0.3 is 0 Å². The van der Waals surface area contributed by atoms with Crippen LogP contribution in [0.5, 0.6) is 0 Å². The number of hydrogen-bond donors (Lipinski definition) is 1. The summed E-state index contributed by atoms with van der Waals surface area (Å²) in [7, 11) is 0. The van der Waals surface area contributed by atoms with Crippen molar-refractivity contribution in [3.8, 4) is 0 Å². The van der Waals surface area contributed by atoms with Crippen molar-refractivity contribution < 1.29 is 9.59 Å². The number of hydrogen-bond acceptors (Lipinski definition) is 2. The Morgan fingerprint density at radius 1 is 1.03 bits per heavy atom. The highest BCUT2D eigenvalue weighted by molar-refractivity contribution is 6.30. The second-order valence-electron chi connectivity index (χ2n) is 9.13. The molecule has 0 bridgehead atoms.